The molecule has 224 valence electrons. The number of Topliss-reactive ketones (excluding diaryl/α,β-unsaturated/α-hetero) is 2. The molecule has 0 spiro atoms. The average molecular weight is 575 g/mol. The number of aliphatic hydroxyl groups is 1. The van der Waals surface area contributed by atoms with Gasteiger partial charge in [0.2, 0.25) is 5.78 Å². The summed E-state index contributed by atoms with van der Waals surface area (Å²) in [4.78, 5) is 63.4. The van der Waals surface area contributed by atoms with Crippen LogP contribution in [0.5, 0.6) is 0 Å². The Labute approximate surface area is 237 Å². The number of fused-ring (bicyclic) bond motifs is 4. The number of cyclic esters (lactones) is 1. The van der Waals surface area contributed by atoms with E-state index < -0.39 is 64.4 Å². The lowest BCUT2D eigenvalue weighted by molar-refractivity contribution is -0.160. The number of aliphatic hydroxyl groups excluding tert-OH is 1. The fourth-order valence-electron chi connectivity index (χ4n) is 6.99. The molecule has 0 amide bonds. The van der Waals surface area contributed by atoms with E-state index in [2.05, 4.69) is 5.32 Å². The lowest BCUT2D eigenvalue weighted by Gasteiger charge is -2.53. The molecular weight excluding hydrogens is 536 g/mol. The summed E-state index contributed by atoms with van der Waals surface area (Å²) in [5, 5.41) is 23.4. The van der Waals surface area contributed by atoms with Crippen LogP contribution >= 0.6 is 0 Å². The highest BCUT2D eigenvalue weighted by atomic mass is 16.6. The van der Waals surface area contributed by atoms with Crippen molar-refractivity contribution in [3.63, 3.8) is 0 Å². The SMILES string of the molecule is COC[C@H]1OC(=O)/C(=C\NCCCC[C@H](N)C(=O)O)C2=C(O)C(=O)C3=C([C@H](OC(C)=O)C[C@]4(C)C(=O)CC[C@@H]34)[C@]21C. The molecule has 4 aliphatic rings. The molecule has 4 rings (SSSR count). The first kappa shape index (κ1) is 30.4. The van der Waals surface area contributed by atoms with Crippen molar-refractivity contribution in [2.75, 3.05) is 20.3 Å². The number of carboxylic acid groups (broad SMARTS) is 1. The summed E-state index contributed by atoms with van der Waals surface area (Å²) in [6.07, 6.45) is 1.62. The third kappa shape index (κ3) is 5.07. The predicted octanol–water partition coefficient (Wildman–Crippen LogP) is 1.63. The van der Waals surface area contributed by atoms with E-state index >= 15 is 0 Å². The first-order chi connectivity index (χ1) is 19.3. The van der Waals surface area contributed by atoms with Gasteiger partial charge >= 0.3 is 17.9 Å². The van der Waals surface area contributed by atoms with Crippen molar-refractivity contribution < 1.29 is 48.4 Å². The van der Waals surface area contributed by atoms with Gasteiger partial charge in [-0.25, -0.2) is 4.79 Å². The van der Waals surface area contributed by atoms with E-state index in [4.69, 9.17) is 25.1 Å². The monoisotopic (exact) mass is 574 g/mol. The van der Waals surface area contributed by atoms with Crippen molar-refractivity contribution >= 4 is 29.5 Å². The van der Waals surface area contributed by atoms with E-state index in [1.54, 1.807) is 13.8 Å². The fraction of sp³-hybridized carbons (Fsp3) is 0.621. The van der Waals surface area contributed by atoms with Crippen molar-refractivity contribution in [2.24, 2.45) is 22.5 Å². The molecule has 12 heteroatoms. The van der Waals surface area contributed by atoms with Gasteiger partial charge in [-0.3, -0.25) is 19.2 Å². The van der Waals surface area contributed by atoms with Crippen molar-refractivity contribution in [3.8, 4) is 0 Å². The number of esters is 2. The second kappa shape index (κ2) is 11.4. The normalized spacial score (nSPS) is 32.8. The van der Waals surface area contributed by atoms with E-state index in [9.17, 15) is 29.1 Å². The van der Waals surface area contributed by atoms with Crippen LogP contribution in [0, 0.1) is 16.7 Å². The van der Waals surface area contributed by atoms with Gasteiger partial charge in [0.25, 0.3) is 0 Å². The van der Waals surface area contributed by atoms with Crippen molar-refractivity contribution in [3.05, 3.63) is 34.3 Å². The number of aliphatic carboxylic acids is 1. The summed E-state index contributed by atoms with van der Waals surface area (Å²) < 4.78 is 17.0. The zero-order chi connectivity index (χ0) is 30.3. The lowest BCUT2D eigenvalue weighted by Crippen LogP contribution is -2.57. The number of carbonyl (C=O) groups is 5. The van der Waals surface area contributed by atoms with Gasteiger partial charge < -0.3 is 35.5 Å². The van der Waals surface area contributed by atoms with Gasteiger partial charge in [-0.1, -0.05) is 6.92 Å². The second-order valence-corrected chi connectivity index (χ2v) is 11.6. The first-order valence-electron chi connectivity index (χ1n) is 13.8. The molecule has 1 heterocycles. The smallest absolute Gasteiger partial charge is 0.340 e. The number of carbonyl (C=O) groups excluding carboxylic acids is 4. The van der Waals surface area contributed by atoms with Crippen LogP contribution in [0.3, 0.4) is 0 Å². The predicted molar refractivity (Wildman–Crippen MR) is 143 cm³/mol. The average Bonchev–Trinajstić information content (AvgIpc) is 3.19. The maximum absolute atomic E-state index is 13.9. The highest BCUT2D eigenvalue weighted by Gasteiger charge is 2.64. The molecule has 5 N–H and O–H groups in total. The summed E-state index contributed by atoms with van der Waals surface area (Å²) >= 11 is 0. The van der Waals surface area contributed by atoms with Gasteiger partial charge in [-0.15, -0.1) is 0 Å². The molecule has 1 aliphatic heterocycles. The second-order valence-electron chi connectivity index (χ2n) is 11.6. The van der Waals surface area contributed by atoms with Gasteiger partial charge in [0.1, 0.15) is 24.0 Å². The Morgan fingerprint density at radius 2 is 1.95 bits per heavy atom. The number of ketones is 2. The van der Waals surface area contributed by atoms with Gasteiger partial charge in [0, 0.05) is 62.1 Å². The molecule has 0 unspecified atom stereocenters. The lowest BCUT2D eigenvalue weighted by atomic mass is 9.53. The summed E-state index contributed by atoms with van der Waals surface area (Å²) in [5.74, 6) is -4.29. The van der Waals surface area contributed by atoms with E-state index in [-0.39, 0.29) is 48.4 Å². The van der Waals surface area contributed by atoms with Crippen LogP contribution in [0.1, 0.15) is 59.3 Å². The highest BCUT2D eigenvalue weighted by Crippen LogP contribution is 2.62. The molecule has 0 radical (unpaired) electrons. The van der Waals surface area contributed by atoms with Gasteiger partial charge in [0.15, 0.2) is 5.76 Å². The Bertz CT molecular complexity index is 1270. The molecule has 0 bridgehead atoms. The van der Waals surface area contributed by atoms with Crippen LogP contribution in [-0.4, -0.2) is 78.2 Å². The molecule has 1 saturated heterocycles. The Morgan fingerprint density at radius 1 is 1.24 bits per heavy atom. The van der Waals surface area contributed by atoms with Crippen molar-refractivity contribution in [2.45, 2.75) is 77.5 Å². The topological polar surface area (TPSA) is 192 Å². The van der Waals surface area contributed by atoms with Crippen LogP contribution in [0.2, 0.25) is 0 Å². The summed E-state index contributed by atoms with van der Waals surface area (Å²) in [6, 6.07) is -0.962. The Kier molecular flexibility index (Phi) is 8.47. The number of methoxy groups -OCH3 is 1. The number of allylic oxidation sites excluding steroid dienone is 1. The summed E-state index contributed by atoms with van der Waals surface area (Å²) in [6.45, 7) is 5.04. The summed E-state index contributed by atoms with van der Waals surface area (Å²) in [7, 11) is 1.43. The Balaban J connectivity index is 1.77. The third-order valence-electron chi connectivity index (χ3n) is 9.07. The van der Waals surface area contributed by atoms with Crippen LogP contribution < -0.4 is 11.1 Å². The van der Waals surface area contributed by atoms with Crippen LogP contribution in [0.15, 0.2) is 34.3 Å². The number of rotatable bonds is 10. The molecule has 1 saturated carbocycles. The Hall–Kier alpha value is -3.51. The number of hydrogen-bond acceptors (Lipinski definition) is 11. The van der Waals surface area contributed by atoms with E-state index in [1.807, 2.05) is 0 Å². The standard InChI is InChI=1S/C29H38N2O10/c1-14(32)40-18-11-28(2)16(8-9-19(28)33)21-23(18)29(3)20(13-39-4)41-27(38)15(22(29)25(35)24(21)34)12-31-10-6-5-7-17(30)26(36)37/h12,16-18,20,31,35H,5-11,13,30H2,1-4H3,(H,36,37)/b15-12-/t16-,17-,18+,20+,28-,29-/m0/s1. The highest BCUT2D eigenvalue weighted by molar-refractivity contribution is 6.14. The third-order valence-corrected chi connectivity index (χ3v) is 9.07. The van der Waals surface area contributed by atoms with E-state index in [0.717, 1.165) is 0 Å². The molecule has 0 aromatic heterocycles. The molecule has 12 nitrogen and oxygen atoms in total. The molecular formula is C29H38N2O10. The maximum atomic E-state index is 13.9. The number of nitrogens with two attached hydrogens (primary N) is 1. The number of hydrogen-bond donors (Lipinski definition) is 4. The van der Waals surface area contributed by atoms with Crippen LogP contribution in [-0.2, 0) is 38.2 Å². The zero-order valence-electron chi connectivity index (χ0n) is 23.8. The molecule has 0 aromatic rings. The first-order valence-corrected chi connectivity index (χ1v) is 13.8. The minimum absolute atomic E-state index is 0.0315. The quantitative estimate of drug-likeness (QED) is 0.168. The molecule has 3 aliphatic carbocycles. The van der Waals surface area contributed by atoms with Crippen molar-refractivity contribution in [1.29, 1.82) is 0 Å². The van der Waals surface area contributed by atoms with Gasteiger partial charge in [-0.2, -0.15) is 0 Å². The van der Waals surface area contributed by atoms with E-state index in [0.29, 0.717) is 31.4 Å². The number of nitrogens with one attached hydrogen (secondary N) is 1. The van der Waals surface area contributed by atoms with E-state index in [1.165, 1.54) is 20.2 Å². The van der Waals surface area contributed by atoms with Crippen molar-refractivity contribution in [1.82, 2.24) is 5.32 Å². The minimum Gasteiger partial charge on any atom is -0.504 e. The minimum atomic E-state index is -1.31. The molecule has 2 fully saturated rings. The Morgan fingerprint density at radius 3 is 2.59 bits per heavy atom. The van der Waals surface area contributed by atoms with Gasteiger partial charge in [0.05, 0.1) is 17.6 Å². The number of carboxylic acids is 1. The molecule has 6 atom stereocenters. The number of ether oxygens (including phenoxy) is 3. The molecule has 0 aromatic carbocycles. The van der Waals surface area contributed by atoms with Crippen LogP contribution in [0.4, 0.5) is 0 Å². The van der Waals surface area contributed by atoms with Crippen LogP contribution in [0.25, 0.3) is 0 Å². The largest absolute Gasteiger partial charge is 0.504 e. The zero-order valence-corrected chi connectivity index (χ0v) is 23.8. The number of unbranched alkanes of at least 4 members (excludes halogenated alkanes) is 1. The summed E-state index contributed by atoms with van der Waals surface area (Å²) in [5.41, 5.74) is 3.92. The van der Waals surface area contributed by atoms with Gasteiger partial charge in [-0.05, 0) is 38.2 Å². The maximum Gasteiger partial charge on any atom is 0.340 e. The molecule has 41 heavy (non-hydrogen) atoms. The fourth-order valence-corrected chi connectivity index (χ4v) is 6.99.